The van der Waals surface area contributed by atoms with Crippen LogP contribution in [0.3, 0.4) is 0 Å². The standard InChI is InChI=1S/C22H22N4O5S/c27-21(25-11-13-26(14-12-25)22(28)18-7-9-23-10-8-18)17-3-5-20(6-4-17)32(29,30)24-16-19-2-1-15-31-19/h1-10,15,24H,11-14,16H2. The van der Waals surface area contributed by atoms with Crippen LogP contribution >= 0.6 is 0 Å². The van der Waals surface area contributed by atoms with E-state index in [4.69, 9.17) is 4.42 Å². The van der Waals surface area contributed by atoms with Crippen LogP contribution in [0.2, 0.25) is 0 Å². The second kappa shape index (κ2) is 9.33. The zero-order valence-corrected chi connectivity index (χ0v) is 18.0. The van der Waals surface area contributed by atoms with Crippen molar-refractivity contribution in [3.05, 3.63) is 84.1 Å². The van der Waals surface area contributed by atoms with Crippen molar-refractivity contribution < 1.29 is 22.4 Å². The lowest BCUT2D eigenvalue weighted by molar-refractivity contribution is 0.0535. The second-order valence-corrected chi connectivity index (χ2v) is 9.02. The maximum absolute atomic E-state index is 12.8. The summed E-state index contributed by atoms with van der Waals surface area (Å²) in [7, 11) is -3.73. The van der Waals surface area contributed by atoms with Gasteiger partial charge in [-0.1, -0.05) is 0 Å². The maximum Gasteiger partial charge on any atom is 0.254 e. The van der Waals surface area contributed by atoms with Crippen molar-refractivity contribution in [2.75, 3.05) is 26.2 Å². The number of nitrogens with one attached hydrogen (secondary N) is 1. The Kier molecular flexibility index (Phi) is 6.33. The third kappa shape index (κ3) is 4.87. The first kappa shape index (κ1) is 21.7. The van der Waals surface area contributed by atoms with Crippen LogP contribution in [-0.4, -0.2) is 61.2 Å². The number of carbonyl (C=O) groups excluding carboxylic acids is 2. The topological polar surface area (TPSA) is 113 Å². The van der Waals surface area contributed by atoms with Crippen molar-refractivity contribution in [1.29, 1.82) is 0 Å². The van der Waals surface area contributed by atoms with Gasteiger partial charge in [-0.05, 0) is 48.5 Å². The van der Waals surface area contributed by atoms with Crippen LogP contribution in [0.1, 0.15) is 26.5 Å². The second-order valence-electron chi connectivity index (χ2n) is 7.25. The van der Waals surface area contributed by atoms with Crippen LogP contribution in [-0.2, 0) is 16.6 Å². The number of aromatic nitrogens is 1. The van der Waals surface area contributed by atoms with Gasteiger partial charge in [0.2, 0.25) is 10.0 Å². The van der Waals surface area contributed by atoms with E-state index in [1.54, 1.807) is 46.5 Å². The quantitative estimate of drug-likeness (QED) is 0.607. The summed E-state index contributed by atoms with van der Waals surface area (Å²) in [5.41, 5.74) is 0.959. The molecule has 166 valence electrons. The molecule has 0 atom stereocenters. The number of pyridine rings is 1. The number of benzene rings is 1. The van der Waals surface area contributed by atoms with Gasteiger partial charge in [0.05, 0.1) is 17.7 Å². The summed E-state index contributed by atoms with van der Waals surface area (Å²) in [6, 6.07) is 12.5. The smallest absolute Gasteiger partial charge is 0.254 e. The molecule has 1 aliphatic rings. The highest BCUT2D eigenvalue weighted by Gasteiger charge is 2.26. The number of sulfonamides is 1. The Labute approximate surface area is 185 Å². The van der Waals surface area contributed by atoms with E-state index in [1.165, 1.54) is 30.5 Å². The van der Waals surface area contributed by atoms with Crippen LogP contribution in [0.15, 0.2) is 76.5 Å². The number of hydrogen-bond donors (Lipinski definition) is 1. The lowest BCUT2D eigenvalue weighted by atomic mass is 10.1. The van der Waals surface area contributed by atoms with Crippen molar-refractivity contribution >= 4 is 21.8 Å². The third-order valence-corrected chi connectivity index (χ3v) is 6.63. The first-order valence-corrected chi connectivity index (χ1v) is 11.5. The summed E-state index contributed by atoms with van der Waals surface area (Å²) in [4.78, 5) is 32.7. The summed E-state index contributed by atoms with van der Waals surface area (Å²) in [5, 5.41) is 0. The Morgan fingerprint density at radius 2 is 1.44 bits per heavy atom. The molecule has 1 aromatic carbocycles. The summed E-state index contributed by atoms with van der Waals surface area (Å²) in [5.74, 6) is 0.214. The van der Waals surface area contributed by atoms with Gasteiger partial charge in [0.25, 0.3) is 11.8 Å². The van der Waals surface area contributed by atoms with E-state index in [0.717, 1.165) is 0 Å². The molecule has 3 aromatic rings. The Balaban J connectivity index is 1.34. The molecule has 0 unspecified atom stereocenters. The predicted octanol–water partition coefficient (Wildman–Crippen LogP) is 1.75. The predicted molar refractivity (Wildman–Crippen MR) is 115 cm³/mol. The largest absolute Gasteiger partial charge is 0.468 e. The number of carbonyl (C=O) groups is 2. The molecule has 0 spiro atoms. The molecule has 1 fully saturated rings. The fourth-order valence-electron chi connectivity index (χ4n) is 3.41. The van der Waals surface area contributed by atoms with Crippen molar-refractivity contribution in [2.45, 2.75) is 11.4 Å². The van der Waals surface area contributed by atoms with E-state index in [-0.39, 0.29) is 23.3 Å². The molecule has 0 radical (unpaired) electrons. The minimum absolute atomic E-state index is 0.0402. The Bertz CT molecular complexity index is 1170. The first-order chi connectivity index (χ1) is 15.4. The van der Waals surface area contributed by atoms with Crippen molar-refractivity contribution in [2.24, 2.45) is 0 Å². The van der Waals surface area contributed by atoms with E-state index in [1.807, 2.05) is 0 Å². The molecule has 9 nitrogen and oxygen atoms in total. The van der Waals surface area contributed by atoms with Crippen molar-refractivity contribution in [1.82, 2.24) is 19.5 Å². The van der Waals surface area contributed by atoms with Crippen LogP contribution in [0.25, 0.3) is 0 Å². The number of furan rings is 1. The number of hydrogen-bond acceptors (Lipinski definition) is 6. The zero-order chi connectivity index (χ0) is 22.6. The minimum atomic E-state index is -3.73. The summed E-state index contributed by atoms with van der Waals surface area (Å²) >= 11 is 0. The average molecular weight is 455 g/mol. The summed E-state index contributed by atoms with van der Waals surface area (Å²) < 4.78 is 32.5. The number of rotatable bonds is 6. The first-order valence-electron chi connectivity index (χ1n) is 10.0. The summed E-state index contributed by atoms with van der Waals surface area (Å²) in [6.07, 6.45) is 4.62. The van der Waals surface area contributed by atoms with Crippen LogP contribution in [0.4, 0.5) is 0 Å². The molecule has 0 saturated carbocycles. The molecule has 1 aliphatic heterocycles. The molecule has 2 aromatic heterocycles. The van der Waals surface area contributed by atoms with Gasteiger partial charge < -0.3 is 14.2 Å². The normalized spacial score (nSPS) is 14.4. The number of nitrogens with zero attached hydrogens (tertiary/aromatic N) is 3. The van der Waals surface area contributed by atoms with E-state index in [2.05, 4.69) is 9.71 Å². The highest BCUT2D eigenvalue weighted by Crippen LogP contribution is 2.15. The molecule has 0 aliphatic carbocycles. The molecule has 0 bridgehead atoms. The molecule has 32 heavy (non-hydrogen) atoms. The van der Waals surface area contributed by atoms with Crippen LogP contribution in [0.5, 0.6) is 0 Å². The van der Waals surface area contributed by atoms with Crippen molar-refractivity contribution in [3.8, 4) is 0 Å². The molecule has 3 heterocycles. The molecule has 1 N–H and O–H groups in total. The molecule has 2 amide bonds. The maximum atomic E-state index is 12.8. The van der Waals surface area contributed by atoms with E-state index in [9.17, 15) is 18.0 Å². The highest BCUT2D eigenvalue weighted by atomic mass is 32.2. The molecule has 10 heteroatoms. The van der Waals surface area contributed by atoms with Gasteiger partial charge >= 0.3 is 0 Å². The van der Waals surface area contributed by atoms with Crippen LogP contribution < -0.4 is 4.72 Å². The van der Waals surface area contributed by atoms with E-state index >= 15 is 0 Å². The Morgan fingerprint density at radius 1 is 0.875 bits per heavy atom. The SMILES string of the molecule is O=C(c1ccncc1)N1CCN(C(=O)c2ccc(S(=O)(=O)NCc3ccco3)cc2)CC1. The lowest BCUT2D eigenvalue weighted by Crippen LogP contribution is -2.50. The van der Waals surface area contributed by atoms with E-state index in [0.29, 0.717) is 43.1 Å². The molecule has 1 saturated heterocycles. The number of amides is 2. The minimum Gasteiger partial charge on any atom is -0.468 e. The zero-order valence-electron chi connectivity index (χ0n) is 17.2. The third-order valence-electron chi connectivity index (χ3n) is 5.21. The lowest BCUT2D eigenvalue weighted by Gasteiger charge is -2.34. The molecular weight excluding hydrogens is 432 g/mol. The van der Waals surface area contributed by atoms with Gasteiger partial charge in [-0.3, -0.25) is 14.6 Å². The van der Waals surface area contributed by atoms with Gasteiger partial charge in [-0.25, -0.2) is 13.1 Å². The van der Waals surface area contributed by atoms with Gasteiger partial charge in [-0.2, -0.15) is 0 Å². The van der Waals surface area contributed by atoms with Gasteiger partial charge in [0.1, 0.15) is 5.76 Å². The van der Waals surface area contributed by atoms with E-state index < -0.39 is 10.0 Å². The monoisotopic (exact) mass is 454 g/mol. The Hall–Kier alpha value is -3.50. The fraction of sp³-hybridized carbons (Fsp3) is 0.227. The highest BCUT2D eigenvalue weighted by molar-refractivity contribution is 7.89. The molecule has 4 rings (SSSR count). The van der Waals surface area contributed by atoms with Gasteiger partial charge in [0, 0.05) is 49.7 Å². The van der Waals surface area contributed by atoms with Crippen LogP contribution in [0, 0.1) is 0 Å². The van der Waals surface area contributed by atoms with Gasteiger partial charge in [-0.15, -0.1) is 0 Å². The van der Waals surface area contributed by atoms with Gasteiger partial charge in [0.15, 0.2) is 0 Å². The fourth-order valence-corrected chi connectivity index (χ4v) is 4.40. The average Bonchev–Trinajstić information content (AvgIpc) is 3.37. The number of piperazine rings is 1. The van der Waals surface area contributed by atoms with Crippen molar-refractivity contribution in [3.63, 3.8) is 0 Å². The molecular formula is C22H22N4O5S. The Morgan fingerprint density at radius 3 is 1.97 bits per heavy atom. The summed E-state index contributed by atoms with van der Waals surface area (Å²) in [6.45, 7) is 1.70.